The van der Waals surface area contributed by atoms with Gasteiger partial charge in [0.25, 0.3) is 10.0 Å². The third-order valence-corrected chi connectivity index (χ3v) is 4.83. The molecule has 0 fully saturated rings. The fourth-order valence-electron chi connectivity index (χ4n) is 2.01. The van der Waals surface area contributed by atoms with Crippen molar-refractivity contribution >= 4 is 27.8 Å². The van der Waals surface area contributed by atoms with Gasteiger partial charge >= 0.3 is 0 Å². The van der Waals surface area contributed by atoms with Crippen molar-refractivity contribution in [2.75, 3.05) is 0 Å². The highest BCUT2D eigenvalue weighted by Crippen LogP contribution is 2.26. The Bertz CT molecular complexity index is 827. The van der Waals surface area contributed by atoms with Crippen LogP contribution in [0.1, 0.15) is 17.0 Å². The Kier molecular flexibility index (Phi) is 3.42. The summed E-state index contributed by atoms with van der Waals surface area (Å²) in [6.07, 6.45) is 0. The SMILES string of the molecule is Cc1cc(C)nc(SNC2=NS(=O)(=O)c3ccccc32)n1. The first kappa shape index (κ1) is 14.0. The Morgan fingerprint density at radius 3 is 2.48 bits per heavy atom. The van der Waals surface area contributed by atoms with Gasteiger partial charge in [0, 0.05) is 28.9 Å². The zero-order valence-electron chi connectivity index (χ0n) is 11.4. The molecule has 0 bridgehead atoms. The zero-order valence-corrected chi connectivity index (χ0v) is 13.0. The van der Waals surface area contributed by atoms with Crippen LogP contribution in [0.4, 0.5) is 0 Å². The van der Waals surface area contributed by atoms with Crippen molar-refractivity contribution in [1.29, 1.82) is 0 Å². The maximum atomic E-state index is 11.9. The number of hydrogen-bond donors (Lipinski definition) is 1. The number of fused-ring (bicyclic) bond motifs is 1. The maximum Gasteiger partial charge on any atom is 0.285 e. The number of rotatable bonds is 2. The van der Waals surface area contributed by atoms with E-state index in [-0.39, 0.29) is 4.90 Å². The molecule has 1 aliphatic heterocycles. The number of aryl methyl sites for hydroxylation is 2. The molecule has 3 rings (SSSR count). The molecule has 0 atom stereocenters. The van der Waals surface area contributed by atoms with E-state index in [0.29, 0.717) is 16.6 Å². The van der Waals surface area contributed by atoms with Gasteiger partial charge in [-0.2, -0.15) is 8.42 Å². The molecule has 1 aliphatic rings. The highest BCUT2D eigenvalue weighted by atomic mass is 32.2. The van der Waals surface area contributed by atoms with Crippen molar-refractivity contribution in [1.82, 2.24) is 14.7 Å². The number of aromatic nitrogens is 2. The fraction of sp³-hybridized carbons (Fsp3) is 0.154. The van der Waals surface area contributed by atoms with Gasteiger partial charge in [0.1, 0.15) is 4.90 Å². The molecule has 0 spiro atoms. The second-order valence-electron chi connectivity index (χ2n) is 4.55. The average molecular weight is 320 g/mol. The molecule has 0 saturated heterocycles. The van der Waals surface area contributed by atoms with E-state index in [0.717, 1.165) is 23.3 Å². The molecule has 1 aromatic carbocycles. The average Bonchev–Trinajstić information content (AvgIpc) is 2.68. The van der Waals surface area contributed by atoms with Gasteiger partial charge in [-0.05, 0) is 32.0 Å². The van der Waals surface area contributed by atoms with Crippen LogP contribution in [0.15, 0.2) is 44.8 Å². The summed E-state index contributed by atoms with van der Waals surface area (Å²) >= 11 is 1.14. The van der Waals surface area contributed by atoms with E-state index < -0.39 is 10.0 Å². The molecule has 0 radical (unpaired) electrons. The molecule has 0 saturated carbocycles. The van der Waals surface area contributed by atoms with Crippen molar-refractivity contribution < 1.29 is 8.42 Å². The minimum atomic E-state index is -3.60. The Hall–Kier alpha value is -1.93. The minimum absolute atomic E-state index is 0.217. The lowest BCUT2D eigenvalue weighted by atomic mass is 10.2. The van der Waals surface area contributed by atoms with E-state index >= 15 is 0 Å². The summed E-state index contributed by atoms with van der Waals surface area (Å²) in [6.45, 7) is 3.76. The summed E-state index contributed by atoms with van der Waals surface area (Å²) in [5.41, 5.74) is 2.27. The third kappa shape index (κ3) is 2.77. The quantitative estimate of drug-likeness (QED) is 0.671. The molecule has 6 nitrogen and oxygen atoms in total. The van der Waals surface area contributed by atoms with E-state index in [1.54, 1.807) is 24.3 Å². The number of benzene rings is 1. The van der Waals surface area contributed by atoms with Crippen molar-refractivity contribution in [3.05, 3.63) is 47.3 Å². The van der Waals surface area contributed by atoms with Gasteiger partial charge < -0.3 is 4.72 Å². The van der Waals surface area contributed by atoms with Crippen LogP contribution in [0.25, 0.3) is 0 Å². The van der Waals surface area contributed by atoms with Crippen LogP contribution in [-0.4, -0.2) is 24.2 Å². The van der Waals surface area contributed by atoms with E-state index in [4.69, 9.17) is 0 Å². The van der Waals surface area contributed by atoms with E-state index in [1.807, 2.05) is 19.9 Å². The monoisotopic (exact) mass is 320 g/mol. The largest absolute Gasteiger partial charge is 0.306 e. The molecule has 2 heterocycles. The molecule has 1 aromatic heterocycles. The summed E-state index contributed by atoms with van der Waals surface area (Å²) in [5, 5.41) is 0.525. The number of amidine groups is 1. The lowest BCUT2D eigenvalue weighted by molar-refractivity contribution is 0.599. The first-order valence-electron chi connectivity index (χ1n) is 6.15. The third-order valence-electron chi connectivity index (χ3n) is 2.83. The van der Waals surface area contributed by atoms with Crippen LogP contribution in [-0.2, 0) is 10.0 Å². The number of hydrogen-bond acceptors (Lipinski definition) is 6. The van der Waals surface area contributed by atoms with Gasteiger partial charge in [0.15, 0.2) is 5.84 Å². The smallest absolute Gasteiger partial charge is 0.285 e. The van der Waals surface area contributed by atoms with Gasteiger partial charge in [0.2, 0.25) is 5.16 Å². The van der Waals surface area contributed by atoms with Gasteiger partial charge in [-0.3, -0.25) is 0 Å². The standard InChI is InChI=1S/C13H12N4O2S2/c1-8-7-9(2)15-13(14-8)20-16-12-10-5-3-4-6-11(10)21(18,19)17-12/h3-7H,1-2H3,(H,16,17). The molecule has 0 aliphatic carbocycles. The summed E-state index contributed by atoms with van der Waals surface area (Å²) < 4.78 is 30.5. The van der Waals surface area contributed by atoms with Crippen molar-refractivity contribution in [3.63, 3.8) is 0 Å². The van der Waals surface area contributed by atoms with Gasteiger partial charge in [-0.1, -0.05) is 12.1 Å². The Morgan fingerprint density at radius 2 is 1.76 bits per heavy atom. The Morgan fingerprint density at radius 1 is 1.10 bits per heavy atom. The van der Waals surface area contributed by atoms with Gasteiger partial charge in [-0.25, -0.2) is 9.97 Å². The lowest BCUT2D eigenvalue weighted by Gasteiger charge is -2.05. The van der Waals surface area contributed by atoms with Crippen LogP contribution in [0.2, 0.25) is 0 Å². The molecule has 1 N–H and O–H groups in total. The summed E-state index contributed by atoms with van der Waals surface area (Å²) in [7, 11) is -3.60. The first-order valence-corrected chi connectivity index (χ1v) is 8.41. The highest BCUT2D eigenvalue weighted by Gasteiger charge is 2.28. The number of sulfonamides is 1. The molecular formula is C13H12N4O2S2. The fourth-order valence-corrected chi connectivity index (χ4v) is 3.97. The zero-order chi connectivity index (χ0) is 15.0. The van der Waals surface area contributed by atoms with E-state index in [2.05, 4.69) is 19.1 Å². The second kappa shape index (κ2) is 5.12. The van der Waals surface area contributed by atoms with E-state index in [1.165, 1.54) is 0 Å². The molecule has 0 amide bonds. The van der Waals surface area contributed by atoms with Crippen LogP contribution in [0.3, 0.4) is 0 Å². The molecule has 2 aromatic rings. The Labute approximate surface area is 126 Å². The summed E-state index contributed by atoms with van der Waals surface area (Å²) in [6, 6.07) is 8.58. The first-order chi connectivity index (χ1) is 9.95. The lowest BCUT2D eigenvalue weighted by Crippen LogP contribution is -2.16. The topological polar surface area (TPSA) is 84.3 Å². The van der Waals surface area contributed by atoms with Crippen molar-refractivity contribution in [2.24, 2.45) is 4.40 Å². The molecular weight excluding hydrogens is 308 g/mol. The summed E-state index contributed by atoms with van der Waals surface area (Å²) in [4.78, 5) is 8.76. The predicted octanol–water partition coefficient (Wildman–Crippen LogP) is 1.84. The van der Waals surface area contributed by atoms with Crippen LogP contribution < -0.4 is 4.72 Å². The van der Waals surface area contributed by atoms with Crippen LogP contribution in [0.5, 0.6) is 0 Å². The normalized spacial score (nSPS) is 15.4. The minimum Gasteiger partial charge on any atom is -0.306 e. The van der Waals surface area contributed by atoms with Gasteiger partial charge in [-0.15, -0.1) is 4.40 Å². The Balaban J connectivity index is 1.87. The maximum absolute atomic E-state index is 11.9. The number of nitrogens with zero attached hydrogens (tertiary/aromatic N) is 3. The molecule has 8 heteroatoms. The van der Waals surface area contributed by atoms with Crippen molar-refractivity contribution in [3.8, 4) is 0 Å². The second-order valence-corrected chi connectivity index (χ2v) is 6.89. The van der Waals surface area contributed by atoms with Crippen molar-refractivity contribution in [2.45, 2.75) is 23.9 Å². The molecule has 108 valence electrons. The summed E-state index contributed by atoms with van der Waals surface area (Å²) in [5.74, 6) is 0.304. The van der Waals surface area contributed by atoms with Crippen LogP contribution >= 0.6 is 11.9 Å². The van der Waals surface area contributed by atoms with E-state index in [9.17, 15) is 8.42 Å². The molecule has 21 heavy (non-hydrogen) atoms. The molecule has 0 unspecified atom stereocenters. The predicted molar refractivity (Wildman–Crippen MR) is 80.7 cm³/mol. The number of nitrogens with one attached hydrogen (secondary N) is 1. The van der Waals surface area contributed by atoms with Crippen LogP contribution in [0, 0.1) is 13.8 Å². The highest BCUT2D eigenvalue weighted by molar-refractivity contribution is 7.98. The van der Waals surface area contributed by atoms with Gasteiger partial charge in [0.05, 0.1) is 0 Å².